The molecule has 1 aromatic heterocycles. The smallest absolute Gasteiger partial charge is 0.418 e. The van der Waals surface area contributed by atoms with Gasteiger partial charge in [0.25, 0.3) is 5.91 Å². The Bertz CT molecular complexity index is 1330. The van der Waals surface area contributed by atoms with Crippen LogP contribution in [0.5, 0.6) is 0 Å². The maximum Gasteiger partial charge on any atom is 0.418 e. The minimum atomic E-state index is -3.34. The van der Waals surface area contributed by atoms with Crippen molar-refractivity contribution in [1.29, 1.82) is 0 Å². The van der Waals surface area contributed by atoms with E-state index in [4.69, 9.17) is 4.74 Å². The largest absolute Gasteiger partial charge is 0.443 e. The molecule has 188 valence electrons. The van der Waals surface area contributed by atoms with Crippen LogP contribution in [-0.4, -0.2) is 48.1 Å². The molecule has 0 aliphatic heterocycles. The Balaban J connectivity index is 1.85. The van der Waals surface area contributed by atoms with Gasteiger partial charge in [-0.15, -0.1) is 0 Å². The molecule has 2 N–H and O–H groups in total. The fraction of sp³-hybridized carbons (Fsp3) is 0.385. The second-order valence-electron chi connectivity index (χ2n) is 9.26. The topological polar surface area (TPSA) is 115 Å². The van der Waals surface area contributed by atoms with Crippen molar-refractivity contribution in [3.8, 4) is 0 Å². The quantitative estimate of drug-likeness (QED) is 0.501. The summed E-state index contributed by atoms with van der Waals surface area (Å²) in [6, 6.07) is 10.6. The SMILES string of the molecule is CCc1c2ccc(C(=O)N[C@@H](CO)c3ccc(S(=O)(=O)CC)cc3)cc2cn1C(=O)OC(C)(C)C. The monoisotopic (exact) mass is 500 g/mol. The van der Waals surface area contributed by atoms with Crippen LogP contribution in [0, 0.1) is 0 Å². The van der Waals surface area contributed by atoms with E-state index in [-0.39, 0.29) is 17.3 Å². The normalized spacial score (nSPS) is 13.0. The number of carbonyl (C=O) groups is 2. The van der Waals surface area contributed by atoms with Crippen LogP contribution >= 0.6 is 0 Å². The van der Waals surface area contributed by atoms with Crippen molar-refractivity contribution in [1.82, 2.24) is 9.88 Å². The van der Waals surface area contributed by atoms with Crippen LogP contribution in [0.4, 0.5) is 4.79 Å². The zero-order chi connectivity index (χ0) is 26.0. The van der Waals surface area contributed by atoms with E-state index in [1.807, 2.05) is 6.92 Å². The van der Waals surface area contributed by atoms with Gasteiger partial charge in [0, 0.05) is 28.2 Å². The summed E-state index contributed by atoms with van der Waals surface area (Å²) in [5.74, 6) is -0.413. The molecule has 0 radical (unpaired) electrons. The number of nitrogens with zero attached hydrogens (tertiary/aromatic N) is 1. The number of aliphatic hydroxyl groups is 1. The van der Waals surface area contributed by atoms with Gasteiger partial charge < -0.3 is 15.2 Å². The summed E-state index contributed by atoms with van der Waals surface area (Å²) in [5.41, 5.74) is 1.10. The molecule has 9 heteroatoms. The number of benzene rings is 2. The first-order chi connectivity index (χ1) is 16.4. The predicted molar refractivity (Wildman–Crippen MR) is 134 cm³/mol. The van der Waals surface area contributed by atoms with E-state index in [2.05, 4.69) is 5.32 Å². The molecule has 0 fully saturated rings. The highest BCUT2D eigenvalue weighted by Crippen LogP contribution is 2.25. The molecule has 0 saturated heterocycles. The Labute approximate surface area is 205 Å². The third-order valence-corrected chi connectivity index (χ3v) is 7.37. The van der Waals surface area contributed by atoms with Crippen LogP contribution in [0.2, 0.25) is 0 Å². The average Bonchev–Trinajstić information content (AvgIpc) is 3.19. The van der Waals surface area contributed by atoms with Gasteiger partial charge in [-0.1, -0.05) is 32.0 Å². The second kappa shape index (κ2) is 10.2. The van der Waals surface area contributed by atoms with Crippen molar-refractivity contribution >= 4 is 32.6 Å². The Morgan fingerprint density at radius 2 is 1.74 bits per heavy atom. The molecule has 0 bridgehead atoms. The summed E-state index contributed by atoms with van der Waals surface area (Å²) in [6.07, 6.45) is 1.78. The first kappa shape index (κ1) is 26.4. The first-order valence-electron chi connectivity index (χ1n) is 11.5. The van der Waals surface area contributed by atoms with E-state index < -0.39 is 33.5 Å². The van der Waals surface area contributed by atoms with E-state index in [0.29, 0.717) is 17.5 Å². The molecular weight excluding hydrogens is 468 g/mol. The van der Waals surface area contributed by atoms with E-state index in [1.165, 1.54) is 16.7 Å². The third kappa shape index (κ3) is 5.91. The van der Waals surface area contributed by atoms with Crippen molar-refractivity contribution in [2.75, 3.05) is 12.4 Å². The van der Waals surface area contributed by atoms with Crippen molar-refractivity contribution in [2.24, 2.45) is 0 Å². The third-order valence-electron chi connectivity index (χ3n) is 5.62. The summed E-state index contributed by atoms with van der Waals surface area (Å²) >= 11 is 0. The number of fused-ring (bicyclic) bond motifs is 1. The van der Waals surface area contributed by atoms with Gasteiger partial charge in [0.15, 0.2) is 9.84 Å². The van der Waals surface area contributed by atoms with Gasteiger partial charge >= 0.3 is 6.09 Å². The number of hydrogen-bond donors (Lipinski definition) is 2. The Hall–Kier alpha value is -3.17. The molecule has 0 spiro atoms. The van der Waals surface area contributed by atoms with Crippen LogP contribution in [0.1, 0.15) is 62.3 Å². The average molecular weight is 501 g/mol. The molecule has 35 heavy (non-hydrogen) atoms. The lowest BCUT2D eigenvalue weighted by Crippen LogP contribution is -2.30. The maximum atomic E-state index is 13.0. The number of rotatable bonds is 7. The predicted octanol–water partition coefficient (Wildman–Crippen LogP) is 4.24. The Morgan fingerprint density at radius 3 is 2.29 bits per heavy atom. The first-order valence-corrected chi connectivity index (χ1v) is 13.2. The van der Waals surface area contributed by atoms with E-state index in [1.54, 1.807) is 64.2 Å². The number of ether oxygens (including phenoxy) is 1. The number of carbonyl (C=O) groups excluding carboxylic acids is 2. The molecular formula is C26H32N2O6S. The summed E-state index contributed by atoms with van der Waals surface area (Å²) in [5, 5.41) is 14.2. The minimum Gasteiger partial charge on any atom is -0.443 e. The molecule has 0 unspecified atom stereocenters. The fourth-order valence-corrected chi connectivity index (χ4v) is 4.69. The van der Waals surface area contributed by atoms with Gasteiger partial charge in [0.05, 0.1) is 23.3 Å². The van der Waals surface area contributed by atoms with Gasteiger partial charge in [-0.25, -0.2) is 13.2 Å². The van der Waals surface area contributed by atoms with Crippen molar-refractivity contribution in [3.63, 3.8) is 0 Å². The minimum absolute atomic E-state index is 0.00954. The lowest BCUT2D eigenvalue weighted by atomic mass is 10.1. The highest BCUT2D eigenvalue weighted by molar-refractivity contribution is 7.91. The molecule has 0 saturated carbocycles. The summed E-state index contributed by atoms with van der Waals surface area (Å²) in [4.78, 5) is 25.8. The fourth-order valence-electron chi connectivity index (χ4n) is 3.81. The molecule has 1 heterocycles. The number of sulfone groups is 1. The number of hydrogen-bond acceptors (Lipinski definition) is 6. The number of aliphatic hydroxyl groups excluding tert-OH is 1. The van der Waals surface area contributed by atoms with Crippen molar-refractivity contribution in [2.45, 2.75) is 57.6 Å². The highest BCUT2D eigenvalue weighted by Gasteiger charge is 2.22. The van der Waals surface area contributed by atoms with Crippen LogP contribution in [0.15, 0.2) is 53.6 Å². The molecule has 8 nitrogen and oxygen atoms in total. The summed E-state index contributed by atoms with van der Waals surface area (Å²) < 4.78 is 31.0. The standard InChI is InChI=1S/C26H32N2O6S/c1-6-23-21-13-10-18(14-19(21)15-28(23)25(31)34-26(3,4)5)24(30)27-22(16-29)17-8-11-20(12-9-17)35(32,33)7-2/h8-15,22,29H,6-7,16H2,1-5H3,(H,27,30)/t22-/m0/s1. The molecule has 0 aliphatic carbocycles. The highest BCUT2D eigenvalue weighted by atomic mass is 32.2. The molecule has 1 atom stereocenters. The molecule has 3 rings (SSSR count). The van der Waals surface area contributed by atoms with Crippen molar-refractivity contribution in [3.05, 3.63) is 65.5 Å². The number of aromatic nitrogens is 1. The molecule has 0 aliphatic rings. The zero-order valence-corrected chi connectivity index (χ0v) is 21.5. The van der Waals surface area contributed by atoms with Crippen molar-refractivity contribution < 1.29 is 27.9 Å². The Morgan fingerprint density at radius 1 is 1.09 bits per heavy atom. The van der Waals surface area contributed by atoms with Gasteiger partial charge in [0.1, 0.15) is 5.60 Å². The Kier molecular flexibility index (Phi) is 7.71. The molecule has 1 amide bonds. The van der Waals surface area contributed by atoms with E-state index >= 15 is 0 Å². The van der Waals surface area contributed by atoms with Crippen LogP contribution in [0.3, 0.4) is 0 Å². The number of nitrogens with one attached hydrogen (secondary N) is 1. The summed E-state index contributed by atoms with van der Waals surface area (Å²) in [7, 11) is -3.34. The maximum absolute atomic E-state index is 13.0. The van der Waals surface area contributed by atoms with E-state index in [0.717, 1.165) is 16.5 Å². The number of aryl methyl sites for hydroxylation is 1. The van der Waals surface area contributed by atoms with Gasteiger partial charge in [-0.3, -0.25) is 9.36 Å². The zero-order valence-electron chi connectivity index (χ0n) is 20.7. The second-order valence-corrected chi connectivity index (χ2v) is 11.5. The van der Waals surface area contributed by atoms with Crippen LogP contribution < -0.4 is 5.32 Å². The van der Waals surface area contributed by atoms with Gasteiger partial charge in [-0.2, -0.15) is 0 Å². The van der Waals surface area contributed by atoms with Crippen LogP contribution in [0.25, 0.3) is 10.8 Å². The van der Waals surface area contributed by atoms with E-state index in [9.17, 15) is 23.1 Å². The lowest BCUT2D eigenvalue weighted by molar-refractivity contribution is 0.0533. The number of amides is 1. The summed E-state index contributed by atoms with van der Waals surface area (Å²) in [6.45, 7) is 8.56. The van der Waals surface area contributed by atoms with Gasteiger partial charge in [0.2, 0.25) is 0 Å². The molecule has 3 aromatic rings. The lowest BCUT2D eigenvalue weighted by Gasteiger charge is -2.20. The van der Waals surface area contributed by atoms with Gasteiger partial charge in [-0.05, 0) is 57.0 Å². The van der Waals surface area contributed by atoms with Crippen LogP contribution in [-0.2, 0) is 21.0 Å². The molecule has 2 aromatic carbocycles.